The van der Waals surface area contributed by atoms with E-state index in [1.165, 1.54) is 49.3 Å². The molecule has 9 nitrogen and oxygen atoms in total. The highest BCUT2D eigenvalue weighted by Crippen LogP contribution is 2.21. The topological polar surface area (TPSA) is 119 Å². The zero-order valence-electron chi connectivity index (χ0n) is 17.6. The predicted octanol–water partition coefficient (Wildman–Crippen LogP) is 3.22. The van der Waals surface area contributed by atoms with Gasteiger partial charge in [0.2, 0.25) is 5.82 Å². The summed E-state index contributed by atoms with van der Waals surface area (Å²) in [6.07, 6.45) is 7.24. The van der Waals surface area contributed by atoms with Crippen LogP contribution in [0.2, 0.25) is 0 Å². The van der Waals surface area contributed by atoms with Crippen LogP contribution in [-0.4, -0.2) is 39.9 Å². The number of nitrogens with zero attached hydrogens (tertiary/aromatic N) is 3. The average molecular weight is 418 g/mol. The number of primary amides is 1. The number of carbonyl (C=O) groups is 2. The quantitative estimate of drug-likeness (QED) is 0.369. The zero-order chi connectivity index (χ0) is 21.8. The zero-order valence-corrected chi connectivity index (χ0v) is 17.6. The number of aryl methyl sites for hydroxylation is 1. The molecule has 0 aliphatic rings. The second-order valence-corrected chi connectivity index (χ2v) is 6.87. The molecule has 0 atom stereocenters. The molecular weight excluding hydrogens is 388 g/mol. The lowest BCUT2D eigenvalue weighted by Crippen LogP contribution is -2.15. The third-order valence-electron chi connectivity index (χ3n) is 4.31. The van der Waals surface area contributed by atoms with Crippen LogP contribution in [-0.2, 0) is 27.4 Å². The van der Waals surface area contributed by atoms with Gasteiger partial charge in [0.25, 0.3) is 5.91 Å². The standard InChI is InChI=1S/C21H30N4O5/c1-3-4-5-6-7-8-17-9-11-18(12-10-17)30-21-23-20(19(22)27)24-25(21)15-28-13-14-29-16(2)26/h9-12H,3-8,13-15H2,1-2H3,(H2,22,27). The van der Waals surface area contributed by atoms with E-state index in [4.69, 9.17) is 19.9 Å². The Balaban J connectivity index is 1.92. The maximum atomic E-state index is 11.4. The first-order valence-electron chi connectivity index (χ1n) is 10.2. The van der Waals surface area contributed by atoms with E-state index in [1.807, 2.05) is 24.3 Å². The van der Waals surface area contributed by atoms with Crippen molar-refractivity contribution in [3.63, 3.8) is 0 Å². The number of benzene rings is 1. The molecule has 30 heavy (non-hydrogen) atoms. The normalized spacial score (nSPS) is 10.7. The number of unbranched alkanes of at least 4 members (excludes halogenated alkanes) is 4. The second-order valence-electron chi connectivity index (χ2n) is 6.87. The van der Waals surface area contributed by atoms with Crippen molar-refractivity contribution >= 4 is 11.9 Å². The summed E-state index contributed by atoms with van der Waals surface area (Å²) >= 11 is 0. The Morgan fingerprint density at radius 2 is 1.80 bits per heavy atom. The molecule has 1 heterocycles. The number of carbonyl (C=O) groups excluding carboxylic acids is 2. The Bertz CT molecular complexity index is 804. The van der Waals surface area contributed by atoms with Crippen molar-refractivity contribution in [3.05, 3.63) is 35.7 Å². The van der Waals surface area contributed by atoms with Gasteiger partial charge in [-0.05, 0) is 30.5 Å². The molecule has 2 N–H and O–H groups in total. The molecular formula is C21H30N4O5. The molecule has 2 aromatic rings. The van der Waals surface area contributed by atoms with E-state index in [1.54, 1.807) is 0 Å². The molecule has 1 aromatic carbocycles. The van der Waals surface area contributed by atoms with Crippen molar-refractivity contribution in [2.24, 2.45) is 5.73 Å². The van der Waals surface area contributed by atoms with E-state index in [0.717, 1.165) is 6.42 Å². The van der Waals surface area contributed by atoms with Gasteiger partial charge in [0.15, 0.2) is 0 Å². The minimum absolute atomic E-state index is 0.0350. The molecule has 1 amide bonds. The van der Waals surface area contributed by atoms with Crippen molar-refractivity contribution in [2.45, 2.75) is 59.1 Å². The summed E-state index contributed by atoms with van der Waals surface area (Å²) in [7, 11) is 0. The Labute approximate surface area is 176 Å². The summed E-state index contributed by atoms with van der Waals surface area (Å²) in [5, 5.41) is 3.99. The van der Waals surface area contributed by atoms with Gasteiger partial charge in [-0.25, -0.2) is 0 Å². The van der Waals surface area contributed by atoms with E-state index in [2.05, 4.69) is 17.0 Å². The number of hydrogen-bond acceptors (Lipinski definition) is 7. The van der Waals surface area contributed by atoms with E-state index in [0.29, 0.717) is 5.75 Å². The van der Waals surface area contributed by atoms with E-state index in [-0.39, 0.29) is 37.7 Å². The summed E-state index contributed by atoms with van der Waals surface area (Å²) < 4.78 is 17.2. The first-order valence-corrected chi connectivity index (χ1v) is 10.2. The fourth-order valence-electron chi connectivity index (χ4n) is 2.75. The third-order valence-corrected chi connectivity index (χ3v) is 4.31. The Morgan fingerprint density at radius 3 is 2.47 bits per heavy atom. The van der Waals surface area contributed by atoms with Gasteiger partial charge in [-0.15, -0.1) is 5.10 Å². The van der Waals surface area contributed by atoms with Gasteiger partial charge >= 0.3 is 12.0 Å². The van der Waals surface area contributed by atoms with Crippen LogP contribution in [0.4, 0.5) is 0 Å². The van der Waals surface area contributed by atoms with Crippen LogP contribution < -0.4 is 10.5 Å². The lowest BCUT2D eigenvalue weighted by Gasteiger charge is -2.09. The molecule has 2 rings (SSSR count). The first kappa shape index (κ1) is 23.3. The fourth-order valence-corrected chi connectivity index (χ4v) is 2.75. The molecule has 9 heteroatoms. The molecule has 0 aliphatic heterocycles. The molecule has 0 spiro atoms. The van der Waals surface area contributed by atoms with Crippen molar-refractivity contribution in [3.8, 4) is 11.8 Å². The predicted molar refractivity (Wildman–Crippen MR) is 110 cm³/mol. The van der Waals surface area contributed by atoms with Crippen molar-refractivity contribution < 1.29 is 23.8 Å². The smallest absolute Gasteiger partial charge is 0.323 e. The van der Waals surface area contributed by atoms with E-state index >= 15 is 0 Å². The highest BCUT2D eigenvalue weighted by atomic mass is 16.6. The SMILES string of the molecule is CCCCCCCc1ccc(Oc2nc(C(N)=O)nn2COCCOC(C)=O)cc1. The molecule has 0 fully saturated rings. The van der Waals surface area contributed by atoms with Crippen LogP contribution in [0.15, 0.2) is 24.3 Å². The second kappa shape index (κ2) is 12.6. The number of hydrogen-bond donors (Lipinski definition) is 1. The average Bonchev–Trinajstić information content (AvgIpc) is 3.11. The first-order chi connectivity index (χ1) is 14.5. The molecule has 0 unspecified atom stereocenters. The van der Waals surface area contributed by atoms with Crippen molar-refractivity contribution in [2.75, 3.05) is 13.2 Å². The fraction of sp³-hybridized carbons (Fsp3) is 0.524. The number of amides is 1. The molecule has 0 saturated heterocycles. The largest absolute Gasteiger partial charge is 0.463 e. The number of nitrogens with two attached hydrogens (primary N) is 1. The molecule has 0 aliphatic carbocycles. The lowest BCUT2D eigenvalue weighted by molar-refractivity contribution is -0.143. The van der Waals surface area contributed by atoms with Gasteiger partial charge < -0.3 is 19.9 Å². The van der Waals surface area contributed by atoms with Crippen LogP contribution in [0.3, 0.4) is 0 Å². The third kappa shape index (κ3) is 8.20. The lowest BCUT2D eigenvalue weighted by atomic mass is 10.1. The number of aromatic nitrogens is 3. The molecule has 0 saturated carbocycles. The molecule has 0 radical (unpaired) electrons. The maximum absolute atomic E-state index is 11.4. The van der Waals surface area contributed by atoms with E-state index in [9.17, 15) is 9.59 Å². The van der Waals surface area contributed by atoms with Gasteiger partial charge in [0, 0.05) is 6.92 Å². The van der Waals surface area contributed by atoms with Gasteiger partial charge in [-0.1, -0.05) is 44.7 Å². The van der Waals surface area contributed by atoms with Crippen LogP contribution in [0.5, 0.6) is 11.8 Å². The minimum atomic E-state index is -0.767. The summed E-state index contributed by atoms with van der Waals surface area (Å²) in [6, 6.07) is 7.82. The number of esters is 1. The maximum Gasteiger partial charge on any atom is 0.323 e. The molecule has 0 bridgehead atoms. The molecule has 1 aromatic heterocycles. The number of rotatable bonds is 14. The Hall–Kier alpha value is -2.94. The van der Waals surface area contributed by atoms with E-state index < -0.39 is 5.91 Å². The Kier molecular flexibility index (Phi) is 9.79. The summed E-state index contributed by atoms with van der Waals surface area (Å²) in [5.41, 5.74) is 6.51. The monoisotopic (exact) mass is 418 g/mol. The number of ether oxygens (including phenoxy) is 3. The van der Waals surface area contributed by atoms with Crippen LogP contribution in [0.25, 0.3) is 0 Å². The summed E-state index contributed by atoms with van der Waals surface area (Å²) in [6.45, 7) is 3.77. The van der Waals surface area contributed by atoms with Gasteiger partial charge in [0.1, 0.15) is 19.1 Å². The van der Waals surface area contributed by atoms with Crippen LogP contribution in [0, 0.1) is 0 Å². The molecule has 164 valence electrons. The van der Waals surface area contributed by atoms with Crippen molar-refractivity contribution in [1.29, 1.82) is 0 Å². The minimum Gasteiger partial charge on any atom is -0.463 e. The Morgan fingerprint density at radius 1 is 1.07 bits per heavy atom. The van der Waals surface area contributed by atoms with Gasteiger partial charge in [-0.3, -0.25) is 9.59 Å². The van der Waals surface area contributed by atoms with Gasteiger partial charge in [0.05, 0.1) is 6.61 Å². The van der Waals surface area contributed by atoms with Gasteiger partial charge in [-0.2, -0.15) is 9.67 Å². The van der Waals surface area contributed by atoms with Crippen molar-refractivity contribution in [1.82, 2.24) is 14.8 Å². The van der Waals surface area contributed by atoms with Crippen LogP contribution >= 0.6 is 0 Å². The summed E-state index contributed by atoms with van der Waals surface area (Å²) in [4.78, 5) is 26.2. The highest BCUT2D eigenvalue weighted by Gasteiger charge is 2.16. The van der Waals surface area contributed by atoms with Crippen LogP contribution in [0.1, 0.15) is 62.1 Å². The summed E-state index contributed by atoms with van der Waals surface area (Å²) in [5.74, 6) is -0.757. The highest BCUT2D eigenvalue weighted by molar-refractivity contribution is 5.88.